The van der Waals surface area contributed by atoms with E-state index in [-0.39, 0.29) is 35.0 Å². The van der Waals surface area contributed by atoms with Gasteiger partial charge in [-0.05, 0) is 37.8 Å². The average Bonchev–Trinajstić information content (AvgIpc) is 3.41. The van der Waals surface area contributed by atoms with E-state index in [0.29, 0.717) is 36.5 Å². The Morgan fingerprint density at radius 3 is 2.69 bits per heavy atom. The number of halogens is 2. The highest BCUT2D eigenvalue weighted by molar-refractivity contribution is 9.09. The summed E-state index contributed by atoms with van der Waals surface area (Å²) < 4.78 is -0.824. The van der Waals surface area contributed by atoms with Crippen molar-refractivity contribution in [3.05, 3.63) is 41.4 Å². The van der Waals surface area contributed by atoms with Crippen LogP contribution >= 0.6 is 39.3 Å². The van der Waals surface area contributed by atoms with Crippen LogP contribution in [0.5, 0.6) is 0 Å². The first-order chi connectivity index (χ1) is 17.2. The molecule has 3 heterocycles. The van der Waals surface area contributed by atoms with E-state index in [0.717, 1.165) is 18.4 Å². The molecular formula is C26H32BrClN2O5S. The second-order valence-corrected chi connectivity index (χ2v) is 12.9. The Labute approximate surface area is 229 Å². The molecule has 1 aromatic rings. The summed E-state index contributed by atoms with van der Waals surface area (Å²) in [6.07, 6.45) is 5.18. The summed E-state index contributed by atoms with van der Waals surface area (Å²) in [5.41, 5.74) is 1.42. The Bertz CT molecular complexity index is 1040. The largest absolute Gasteiger partial charge is 0.481 e. The number of anilines is 1. The molecule has 7 nitrogen and oxygen atoms in total. The van der Waals surface area contributed by atoms with Gasteiger partial charge in [0.1, 0.15) is 6.04 Å². The number of aliphatic hydroxyl groups is 1. The van der Waals surface area contributed by atoms with Crippen molar-refractivity contribution < 1.29 is 24.6 Å². The summed E-state index contributed by atoms with van der Waals surface area (Å²) in [5.74, 6) is -3.07. The zero-order valence-corrected chi connectivity index (χ0v) is 23.4. The minimum Gasteiger partial charge on any atom is -0.481 e. The number of aliphatic hydroxyl groups excluding tert-OH is 1. The van der Waals surface area contributed by atoms with Gasteiger partial charge in [0, 0.05) is 29.8 Å². The summed E-state index contributed by atoms with van der Waals surface area (Å²) in [4.78, 5) is 43.8. The van der Waals surface area contributed by atoms with E-state index in [1.54, 1.807) is 21.9 Å². The number of carbonyl (C=O) groups excluding carboxylic acids is 2. The lowest BCUT2D eigenvalue weighted by molar-refractivity contribution is -0.148. The molecule has 2 bridgehead atoms. The minimum atomic E-state index is -0.988. The van der Waals surface area contributed by atoms with Crippen LogP contribution in [0.3, 0.4) is 0 Å². The van der Waals surface area contributed by atoms with Crippen molar-refractivity contribution in [2.75, 3.05) is 24.6 Å². The molecule has 0 aliphatic carbocycles. The molecule has 3 saturated heterocycles. The zero-order valence-electron chi connectivity index (χ0n) is 20.2. The van der Waals surface area contributed by atoms with E-state index in [4.69, 9.17) is 16.7 Å². The summed E-state index contributed by atoms with van der Waals surface area (Å²) in [6, 6.07) is 4.64. The monoisotopic (exact) mass is 598 g/mol. The standard InChI is InChI=1S/C26H32BrClN2O5S/c1-3-11-29(20-15(2)9-8-10-17(20)28)24(33)22-26-14-16(27)21(36-26)18(25(34)35)19(26)23(32)30(22)12-6-4-5-7-13-31/h3,8-10,16,18-19,21-22,31H,1,4-7,11-14H2,2H3,(H,34,35)/t16?,18-,19+,21-,22?,26?/m1/s1. The molecule has 0 aromatic heterocycles. The number of hydrogen-bond acceptors (Lipinski definition) is 5. The summed E-state index contributed by atoms with van der Waals surface area (Å²) >= 11 is 11.7. The molecule has 3 aliphatic heterocycles. The van der Waals surface area contributed by atoms with Crippen molar-refractivity contribution in [2.24, 2.45) is 11.8 Å². The topological polar surface area (TPSA) is 98.2 Å². The average molecular weight is 600 g/mol. The van der Waals surface area contributed by atoms with Gasteiger partial charge in [0.05, 0.1) is 27.3 Å². The number of carboxylic acid groups (broad SMARTS) is 1. The fourth-order valence-corrected chi connectivity index (χ4v) is 10.1. The number of nitrogens with zero attached hydrogens (tertiary/aromatic N) is 2. The molecular weight excluding hydrogens is 568 g/mol. The van der Waals surface area contributed by atoms with E-state index >= 15 is 0 Å². The second-order valence-electron chi connectivity index (χ2n) is 9.81. The molecule has 10 heteroatoms. The first kappa shape index (κ1) is 27.5. The van der Waals surface area contributed by atoms with E-state index in [1.807, 2.05) is 19.1 Å². The number of carbonyl (C=O) groups is 3. The number of para-hydroxylation sites is 1. The predicted molar refractivity (Wildman–Crippen MR) is 146 cm³/mol. The molecule has 0 radical (unpaired) electrons. The Balaban J connectivity index is 1.76. The van der Waals surface area contributed by atoms with Gasteiger partial charge in [-0.15, -0.1) is 18.3 Å². The number of alkyl halides is 1. The molecule has 36 heavy (non-hydrogen) atoms. The fourth-order valence-electron chi connectivity index (χ4n) is 6.21. The van der Waals surface area contributed by atoms with Gasteiger partial charge in [0.25, 0.3) is 5.91 Å². The van der Waals surface area contributed by atoms with E-state index < -0.39 is 28.6 Å². The Hall–Kier alpha value is -1.55. The smallest absolute Gasteiger partial charge is 0.308 e. The quantitative estimate of drug-likeness (QED) is 0.224. The van der Waals surface area contributed by atoms with Crippen LogP contribution in [-0.4, -0.2) is 73.5 Å². The van der Waals surface area contributed by atoms with Crippen LogP contribution in [0.25, 0.3) is 0 Å². The van der Waals surface area contributed by atoms with Gasteiger partial charge < -0.3 is 20.0 Å². The number of likely N-dealkylation sites (tertiary alicyclic amines) is 1. The van der Waals surface area contributed by atoms with Crippen LogP contribution in [0.2, 0.25) is 5.02 Å². The third-order valence-electron chi connectivity index (χ3n) is 7.65. The molecule has 6 atom stereocenters. The molecule has 2 N–H and O–H groups in total. The summed E-state index contributed by atoms with van der Waals surface area (Å²) in [7, 11) is 0. The van der Waals surface area contributed by atoms with Crippen LogP contribution in [0, 0.1) is 18.8 Å². The van der Waals surface area contributed by atoms with Crippen LogP contribution in [0.4, 0.5) is 5.69 Å². The van der Waals surface area contributed by atoms with E-state index in [1.165, 1.54) is 11.8 Å². The maximum absolute atomic E-state index is 14.5. The molecule has 3 unspecified atom stereocenters. The molecule has 3 aliphatic rings. The number of aryl methyl sites for hydroxylation is 1. The molecule has 2 amide bonds. The summed E-state index contributed by atoms with van der Waals surface area (Å²) in [5, 5.41) is 19.3. The van der Waals surface area contributed by atoms with Gasteiger partial charge in [-0.2, -0.15) is 0 Å². The van der Waals surface area contributed by atoms with Crippen molar-refractivity contribution in [1.29, 1.82) is 0 Å². The maximum atomic E-state index is 14.5. The van der Waals surface area contributed by atoms with Crippen LogP contribution in [-0.2, 0) is 14.4 Å². The number of fused-ring (bicyclic) bond motifs is 1. The van der Waals surface area contributed by atoms with Crippen molar-refractivity contribution in [1.82, 2.24) is 4.90 Å². The first-order valence-corrected chi connectivity index (χ1v) is 14.5. The number of benzene rings is 1. The molecule has 1 aromatic carbocycles. The maximum Gasteiger partial charge on any atom is 0.308 e. The third kappa shape index (κ3) is 4.50. The van der Waals surface area contributed by atoms with Gasteiger partial charge in [0.15, 0.2) is 0 Å². The lowest BCUT2D eigenvalue weighted by Crippen LogP contribution is -2.55. The van der Waals surface area contributed by atoms with Gasteiger partial charge >= 0.3 is 5.97 Å². The Morgan fingerprint density at radius 1 is 1.33 bits per heavy atom. The van der Waals surface area contributed by atoms with Crippen LogP contribution in [0.15, 0.2) is 30.9 Å². The van der Waals surface area contributed by atoms with Crippen molar-refractivity contribution >= 4 is 62.8 Å². The van der Waals surface area contributed by atoms with Gasteiger partial charge in [-0.3, -0.25) is 14.4 Å². The van der Waals surface area contributed by atoms with Crippen molar-refractivity contribution in [3.63, 3.8) is 0 Å². The molecule has 1 spiro atoms. The zero-order chi connectivity index (χ0) is 26.2. The van der Waals surface area contributed by atoms with Crippen LogP contribution < -0.4 is 4.90 Å². The fraction of sp³-hybridized carbons (Fsp3) is 0.577. The van der Waals surface area contributed by atoms with Gasteiger partial charge in [-0.25, -0.2) is 0 Å². The number of carboxylic acids is 1. The van der Waals surface area contributed by atoms with Crippen LogP contribution in [0.1, 0.15) is 37.7 Å². The highest BCUT2D eigenvalue weighted by Gasteiger charge is 2.76. The Morgan fingerprint density at radius 2 is 2.06 bits per heavy atom. The first-order valence-electron chi connectivity index (χ1n) is 12.3. The van der Waals surface area contributed by atoms with Crippen molar-refractivity contribution in [2.45, 2.75) is 59.9 Å². The normalized spacial score (nSPS) is 30.5. The number of unbranched alkanes of at least 4 members (excludes halogenated alkanes) is 3. The lowest BCUT2D eigenvalue weighted by Gasteiger charge is -2.38. The Kier molecular flexibility index (Phi) is 8.44. The van der Waals surface area contributed by atoms with Crippen molar-refractivity contribution in [3.8, 4) is 0 Å². The minimum absolute atomic E-state index is 0.0950. The molecule has 4 rings (SSSR count). The highest BCUT2D eigenvalue weighted by Crippen LogP contribution is 2.68. The van der Waals surface area contributed by atoms with Gasteiger partial charge in [0.2, 0.25) is 5.91 Å². The highest BCUT2D eigenvalue weighted by atomic mass is 79.9. The third-order valence-corrected chi connectivity index (χ3v) is 11.2. The predicted octanol–water partition coefficient (Wildman–Crippen LogP) is 4.27. The molecule has 0 saturated carbocycles. The van der Waals surface area contributed by atoms with Gasteiger partial charge in [-0.1, -0.05) is 58.6 Å². The van der Waals surface area contributed by atoms with E-state index in [2.05, 4.69) is 22.5 Å². The number of aliphatic carboxylic acids is 1. The number of thioether (sulfide) groups is 1. The SMILES string of the molecule is C=CCN(C(=O)C1N(CCCCCCO)C(=O)[C@@H]2[C@@H](C(=O)O)[C@@H]3SC12CC3Br)c1c(C)cccc1Cl. The second kappa shape index (κ2) is 11.1. The molecule has 3 fully saturated rings. The lowest BCUT2D eigenvalue weighted by atomic mass is 9.71. The van der Waals surface area contributed by atoms with E-state index in [9.17, 15) is 19.5 Å². The number of rotatable bonds is 11. The number of amides is 2. The summed E-state index contributed by atoms with van der Waals surface area (Å²) in [6.45, 7) is 6.42. The molecule has 196 valence electrons. The number of hydrogen-bond donors (Lipinski definition) is 2.